The lowest BCUT2D eigenvalue weighted by molar-refractivity contribution is -0.134. The number of ketones is 1. The van der Waals surface area contributed by atoms with Gasteiger partial charge < -0.3 is 50.2 Å². The number of rotatable bonds is 37. The Kier molecular flexibility index (Phi) is 29.0. The second kappa shape index (κ2) is 39.8. The van der Waals surface area contributed by atoms with Crippen molar-refractivity contribution in [3.05, 3.63) is 245 Å². The number of aromatic nitrogens is 3. The highest BCUT2D eigenvalue weighted by molar-refractivity contribution is 7.93. The monoisotopic (exact) mass is 1660 g/mol. The number of piperazine rings is 1. The zero-order valence-electron chi connectivity index (χ0n) is 69.3. The number of nitrogens with one attached hydrogen (secondary N) is 3. The molecule has 1 unspecified atom stereocenters. The number of anilines is 2. The molecule has 12 rings (SSSR count). The molecule has 3 atom stereocenters. The number of benzene rings is 9. The topological polar surface area (TPSA) is 310 Å². The molecule has 1 fully saturated rings. The minimum Gasteiger partial charge on any atom is -0.508 e. The van der Waals surface area contributed by atoms with Gasteiger partial charge in [-0.2, -0.15) is 4.31 Å². The quantitative estimate of drug-likeness (QED) is 0.0105. The molecule has 5 N–H and O–H groups in total. The fraction of sp³-hybridized carbons (Fsp3) is 0.344. The third-order valence-electron chi connectivity index (χ3n) is 22.1. The Labute approximate surface area is 701 Å². The number of aliphatic hydroxyl groups is 1. The summed E-state index contributed by atoms with van der Waals surface area (Å²) in [7, 11) is -5.54. The highest BCUT2D eigenvalue weighted by Gasteiger charge is 2.38. The molecule has 3 aliphatic rings. The third-order valence-corrected chi connectivity index (χ3v) is 26.0. The molecular formula is C93H107N12O13S2+. The largest absolute Gasteiger partial charge is 0.508 e. The maximum atomic E-state index is 15.2. The molecule has 0 bridgehead atoms. The lowest BCUT2D eigenvalue weighted by Crippen LogP contribution is -2.50. The number of aromatic hydroxyl groups is 1. The smallest absolute Gasteiger partial charge is 0.254 e. The first-order chi connectivity index (χ1) is 57.8. The van der Waals surface area contributed by atoms with Gasteiger partial charge in [-0.1, -0.05) is 147 Å². The lowest BCUT2D eigenvalue weighted by Gasteiger charge is -2.35. The molecule has 1 aliphatic carbocycles. The maximum Gasteiger partial charge on any atom is 0.254 e. The van der Waals surface area contributed by atoms with Gasteiger partial charge in [-0.15, -0.1) is 5.10 Å². The van der Waals surface area contributed by atoms with Crippen molar-refractivity contribution < 1.29 is 60.2 Å². The van der Waals surface area contributed by atoms with Gasteiger partial charge in [0, 0.05) is 166 Å². The van der Waals surface area contributed by atoms with Crippen molar-refractivity contribution in [2.75, 3.05) is 95.9 Å². The number of hydrogen-bond donors (Lipinski definition) is 5. The molecule has 120 heavy (non-hydrogen) atoms. The molecule has 3 heterocycles. The SMILES string of the molecule is CCN(CC)c1ccc2c(-c3ccccc3C(=O)N3CCN(C(=O)CCC(=O)NCCCCCC(=O)N[C@@H](Cc4ccc(C(=O)c5ccccc5)cc4)C(=O)NCc4cn([C@@H](Cc5ccc(O)cc5)C(O)CN(CC(C)C)S(=O)(=O)c5ccccc5S(=O)(=O)c5cccc6c(N(C)C)cccc56)nn4)CC3)c3ccc(=[N+](CC)CC)cc-3oc2c1. The molecule has 2 aliphatic heterocycles. The van der Waals surface area contributed by atoms with Crippen LogP contribution in [0.4, 0.5) is 11.4 Å². The number of carbonyl (C=O) groups is 6. The van der Waals surface area contributed by atoms with Crippen LogP contribution in [-0.4, -0.2) is 190 Å². The zero-order chi connectivity index (χ0) is 85.4. The molecule has 9 aromatic rings. The van der Waals surface area contributed by atoms with Gasteiger partial charge in [0.05, 0.1) is 40.7 Å². The Morgan fingerprint density at radius 1 is 0.600 bits per heavy atom. The van der Waals surface area contributed by atoms with Crippen LogP contribution in [0, 0.1) is 5.92 Å². The van der Waals surface area contributed by atoms with E-state index in [1.807, 2.05) is 55.4 Å². The number of aliphatic hydroxyl groups excluding tert-OH is 1. The van der Waals surface area contributed by atoms with Gasteiger partial charge >= 0.3 is 0 Å². The Morgan fingerprint density at radius 2 is 1.25 bits per heavy atom. The van der Waals surface area contributed by atoms with Crippen LogP contribution in [0.5, 0.6) is 5.75 Å². The molecular weight excluding hydrogens is 1560 g/mol. The summed E-state index contributed by atoms with van der Waals surface area (Å²) >= 11 is 0. The summed E-state index contributed by atoms with van der Waals surface area (Å²) in [4.78, 5) is 89.9. The van der Waals surface area contributed by atoms with Crippen molar-refractivity contribution >= 4 is 88.3 Å². The van der Waals surface area contributed by atoms with E-state index in [9.17, 15) is 47.4 Å². The van der Waals surface area contributed by atoms with E-state index >= 15 is 8.42 Å². The number of sulfone groups is 1. The molecule has 0 spiro atoms. The number of phenolic OH excluding ortho intramolecular Hbond substituents is 1. The molecule has 8 aromatic carbocycles. The molecule has 25 nitrogen and oxygen atoms in total. The van der Waals surface area contributed by atoms with Crippen LogP contribution in [-0.2, 0) is 58.4 Å². The fourth-order valence-corrected chi connectivity index (χ4v) is 19.6. The zero-order valence-corrected chi connectivity index (χ0v) is 70.9. The van der Waals surface area contributed by atoms with E-state index in [0.717, 1.165) is 69.3 Å². The summed E-state index contributed by atoms with van der Waals surface area (Å²) in [6.07, 6.45) is 1.54. The number of carbonyl (C=O) groups excluding carboxylic acids is 6. The van der Waals surface area contributed by atoms with Crippen molar-refractivity contribution in [1.82, 2.24) is 49.6 Å². The first-order valence-electron chi connectivity index (χ1n) is 41.2. The van der Waals surface area contributed by atoms with Gasteiger partial charge in [0.25, 0.3) is 5.91 Å². The summed E-state index contributed by atoms with van der Waals surface area (Å²) in [5.41, 5.74) is 8.09. The average Bonchev–Trinajstić information content (AvgIpc) is 0.796. The third kappa shape index (κ3) is 20.7. The molecule has 0 saturated carbocycles. The van der Waals surface area contributed by atoms with Crippen LogP contribution >= 0.6 is 0 Å². The number of hydrogen-bond acceptors (Lipinski definition) is 17. The number of nitrogens with zero attached hydrogens (tertiary/aromatic N) is 9. The molecule has 5 amide bonds. The minimum atomic E-state index is -4.71. The Balaban J connectivity index is 0.657. The van der Waals surface area contributed by atoms with Crippen LogP contribution in [0.2, 0.25) is 0 Å². The number of unbranched alkanes of at least 4 members (excludes halogenated alkanes) is 2. The van der Waals surface area contributed by atoms with E-state index in [1.54, 1.807) is 109 Å². The Bertz CT molecular complexity index is 5760. The van der Waals surface area contributed by atoms with Crippen molar-refractivity contribution in [3.8, 4) is 28.2 Å². The lowest BCUT2D eigenvalue weighted by atomic mass is 9.90. The van der Waals surface area contributed by atoms with Crippen LogP contribution in [0.1, 0.15) is 129 Å². The van der Waals surface area contributed by atoms with Crippen LogP contribution < -0.4 is 35.7 Å². The molecule has 0 radical (unpaired) electrons. The van der Waals surface area contributed by atoms with Gasteiger partial charge in [0.15, 0.2) is 5.78 Å². The van der Waals surface area contributed by atoms with Crippen molar-refractivity contribution in [2.24, 2.45) is 5.92 Å². The first kappa shape index (κ1) is 87.4. The molecule has 1 aromatic heterocycles. The van der Waals surface area contributed by atoms with Gasteiger partial charge in [-0.25, -0.2) is 26.1 Å². The average molecular weight is 1670 g/mol. The predicted molar refractivity (Wildman–Crippen MR) is 466 cm³/mol. The Morgan fingerprint density at radius 3 is 1.96 bits per heavy atom. The van der Waals surface area contributed by atoms with Gasteiger partial charge in [-0.3, -0.25) is 28.8 Å². The summed E-state index contributed by atoms with van der Waals surface area (Å²) in [6, 6.07) is 55.5. The number of sulfonamides is 1. The second-order valence-electron chi connectivity index (χ2n) is 30.9. The first-order valence-corrected chi connectivity index (χ1v) is 44.1. The van der Waals surface area contributed by atoms with Crippen molar-refractivity contribution in [2.45, 2.75) is 132 Å². The van der Waals surface area contributed by atoms with Gasteiger partial charge in [0.1, 0.15) is 46.8 Å². The van der Waals surface area contributed by atoms with Gasteiger partial charge in [0.2, 0.25) is 48.8 Å². The van der Waals surface area contributed by atoms with E-state index in [0.29, 0.717) is 102 Å². The van der Waals surface area contributed by atoms with Crippen molar-refractivity contribution in [3.63, 3.8) is 0 Å². The summed E-state index contributed by atoms with van der Waals surface area (Å²) < 4.78 is 71.8. The standard InChI is InChI=1S/C93H106N12O13S2/c1-9-100(10-2)69-42-46-76-82(57-69)118-83-58-70(101(11-3)12-4)43-47-77(83)90(76)74-27-18-19-28-75(74)93(113)103-53-51-102(52-54-103)89(110)49-48-87(108)94-50-22-14-17-35-88(109)96-78(55-64-36-40-67(41-37-64)91(111)66-25-15-13-16-26-66)92(112)95-59-68-61-105(98-97-68)80(56-65-38-44-71(106)45-39-65)81(107)62-104(60-63(5)6)120(116,117)86-33-21-20-32-85(86)119(114,115)84-34-24-29-72-73(84)30-23-31-79(72)99(7)8/h13,15-16,18-21,23-34,36-47,57-58,61,63,78,80-81,107H,9-12,14,17,22,35,48-56,59-60,62H2,1-8H3,(H3-,94,95,96,106,108,109,112)/p+1/t78-,80-,81?/m0/s1. The molecule has 27 heteroatoms. The summed E-state index contributed by atoms with van der Waals surface area (Å²) in [5, 5.41) is 43.2. The van der Waals surface area contributed by atoms with Crippen LogP contribution in [0.15, 0.2) is 225 Å². The van der Waals surface area contributed by atoms with Crippen LogP contribution in [0.25, 0.3) is 44.2 Å². The Hall–Kier alpha value is -11.9. The summed E-state index contributed by atoms with van der Waals surface area (Å²) in [6.45, 7) is 16.1. The normalized spacial score (nSPS) is 13.3. The number of fused-ring (bicyclic) bond motifs is 3. The minimum absolute atomic E-state index is 0.0104. The number of amides is 5. The maximum absolute atomic E-state index is 15.2. The molecule has 1 saturated heterocycles. The van der Waals surface area contributed by atoms with E-state index in [4.69, 9.17) is 4.42 Å². The highest BCUT2D eigenvalue weighted by atomic mass is 32.2. The van der Waals surface area contributed by atoms with E-state index in [-0.39, 0.29) is 91.0 Å². The van der Waals surface area contributed by atoms with E-state index in [1.165, 1.54) is 53.3 Å². The number of phenols is 1. The summed E-state index contributed by atoms with van der Waals surface area (Å²) in [5.74, 6) is -1.40. The highest BCUT2D eigenvalue weighted by Crippen LogP contribution is 2.43. The predicted octanol–water partition coefficient (Wildman–Crippen LogP) is 11.7. The van der Waals surface area contributed by atoms with E-state index < -0.39 is 66.2 Å². The van der Waals surface area contributed by atoms with E-state index in [2.05, 4.69) is 99.8 Å². The second-order valence-corrected chi connectivity index (χ2v) is 34.7. The molecule has 628 valence electrons. The van der Waals surface area contributed by atoms with Crippen LogP contribution in [0.3, 0.4) is 0 Å². The van der Waals surface area contributed by atoms with Gasteiger partial charge in [-0.05, 0) is 130 Å². The van der Waals surface area contributed by atoms with Crippen molar-refractivity contribution in [1.29, 1.82) is 0 Å². The fourth-order valence-electron chi connectivity index (χ4n) is 15.7.